The van der Waals surface area contributed by atoms with Gasteiger partial charge in [-0.25, -0.2) is 0 Å². The number of methoxy groups -OCH3 is 1. The lowest BCUT2D eigenvalue weighted by molar-refractivity contribution is -0.305. The summed E-state index contributed by atoms with van der Waals surface area (Å²) in [6.07, 6.45) is -0.670. The van der Waals surface area contributed by atoms with E-state index in [0.717, 1.165) is 7.11 Å². The molecule has 0 bridgehead atoms. The molecule has 0 aromatic rings. The fourth-order valence-electron chi connectivity index (χ4n) is 0.190. The molecule has 0 atom stereocenters. The quantitative estimate of drug-likeness (QED) is 0.295. The number of carboxylic acids is 1. The molecule has 0 spiro atoms. The molecular weight excluding hydrogens is 147 g/mol. The van der Waals surface area contributed by atoms with Crippen LogP contribution in [0.15, 0.2) is 0 Å². The molecule has 5 heteroatoms. The molecular formula is C4H5ClO4-2. The smallest absolute Gasteiger partial charge is 0.311 e. The number of ether oxygens (including phenoxy) is 1. The van der Waals surface area contributed by atoms with Gasteiger partial charge in [0.2, 0.25) is 0 Å². The standard InChI is InChI=1S/C4H6O4.ClH/c1-8-4(7)2-3(5)6;/h2H2,1H3,(H,5,6);1H/p-2. The van der Waals surface area contributed by atoms with E-state index in [2.05, 4.69) is 4.74 Å². The first-order chi connectivity index (χ1) is 3.66. The highest BCUT2D eigenvalue weighted by molar-refractivity contribution is 5.88. The molecule has 0 aromatic heterocycles. The van der Waals surface area contributed by atoms with Gasteiger partial charge in [-0.3, -0.25) is 4.79 Å². The summed E-state index contributed by atoms with van der Waals surface area (Å²) in [5, 5.41) is 9.56. The molecule has 0 N–H and O–H groups in total. The monoisotopic (exact) mass is 152 g/mol. The van der Waals surface area contributed by atoms with Gasteiger partial charge < -0.3 is 27.0 Å². The lowest BCUT2D eigenvalue weighted by Crippen LogP contribution is -3.00. The number of esters is 1. The average Bonchev–Trinajstić information content (AvgIpc) is 1.65. The number of hydrogen-bond donors (Lipinski definition) is 0. The van der Waals surface area contributed by atoms with Gasteiger partial charge in [0.1, 0.15) is 0 Å². The number of rotatable bonds is 2. The van der Waals surface area contributed by atoms with Gasteiger partial charge in [-0.15, -0.1) is 0 Å². The number of carboxylic acid groups (broad SMARTS) is 1. The molecule has 0 fully saturated rings. The number of halogens is 1. The van der Waals surface area contributed by atoms with E-state index in [4.69, 9.17) is 0 Å². The molecule has 4 nitrogen and oxygen atoms in total. The lowest BCUT2D eigenvalue weighted by Gasteiger charge is -1.96. The second kappa shape index (κ2) is 5.37. The summed E-state index contributed by atoms with van der Waals surface area (Å²) >= 11 is 0. The molecule has 0 saturated carbocycles. The third-order valence-corrected chi connectivity index (χ3v) is 0.516. The normalized spacial score (nSPS) is 7.22. The van der Waals surface area contributed by atoms with E-state index < -0.39 is 18.4 Å². The van der Waals surface area contributed by atoms with Crippen LogP contribution < -0.4 is 17.5 Å². The topological polar surface area (TPSA) is 66.4 Å². The van der Waals surface area contributed by atoms with Crippen LogP contribution in [0.2, 0.25) is 0 Å². The van der Waals surface area contributed by atoms with Crippen molar-refractivity contribution in [2.24, 2.45) is 0 Å². The highest BCUT2D eigenvalue weighted by atomic mass is 35.5. The first kappa shape index (κ1) is 11.1. The minimum absolute atomic E-state index is 0. The van der Waals surface area contributed by atoms with Crippen molar-refractivity contribution in [1.29, 1.82) is 0 Å². The molecule has 0 heterocycles. The van der Waals surface area contributed by atoms with E-state index in [-0.39, 0.29) is 12.4 Å². The largest absolute Gasteiger partial charge is 1.00 e. The van der Waals surface area contributed by atoms with Crippen LogP contribution in [0.1, 0.15) is 6.42 Å². The Bertz CT molecular complexity index is 111. The van der Waals surface area contributed by atoms with Crippen LogP contribution in [-0.2, 0) is 14.3 Å². The van der Waals surface area contributed by atoms with Crippen LogP contribution in [-0.4, -0.2) is 19.0 Å². The maximum absolute atomic E-state index is 9.98. The fourth-order valence-corrected chi connectivity index (χ4v) is 0.190. The first-order valence-electron chi connectivity index (χ1n) is 1.93. The zero-order chi connectivity index (χ0) is 6.57. The Labute approximate surface area is 58.2 Å². The van der Waals surface area contributed by atoms with Crippen molar-refractivity contribution >= 4 is 11.9 Å². The Balaban J connectivity index is 0. The lowest BCUT2D eigenvalue weighted by atomic mass is 10.4. The van der Waals surface area contributed by atoms with Gasteiger partial charge >= 0.3 is 5.97 Å². The van der Waals surface area contributed by atoms with Crippen LogP contribution in [0.4, 0.5) is 0 Å². The summed E-state index contributed by atoms with van der Waals surface area (Å²) in [5.41, 5.74) is 0. The van der Waals surface area contributed by atoms with Gasteiger partial charge in [0.05, 0.1) is 19.5 Å². The predicted molar refractivity (Wildman–Crippen MR) is 21.6 cm³/mol. The molecule has 0 aliphatic carbocycles. The van der Waals surface area contributed by atoms with Gasteiger partial charge in [-0.05, 0) is 0 Å². The second-order valence-electron chi connectivity index (χ2n) is 1.12. The Morgan fingerprint density at radius 3 is 2.11 bits per heavy atom. The van der Waals surface area contributed by atoms with Gasteiger partial charge in [0.15, 0.2) is 0 Å². The van der Waals surface area contributed by atoms with Crippen molar-refractivity contribution in [3.63, 3.8) is 0 Å². The van der Waals surface area contributed by atoms with Crippen molar-refractivity contribution in [1.82, 2.24) is 0 Å². The minimum Gasteiger partial charge on any atom is -1.00 e. The van der Waals surface area contributed by atoms with Crippen LogP contribution in [0.5, 0.6) is 0 Å². The summed E-state index contributed by atoms with van der Waals surface area (Å²) in [5.74, 6) is -2.21. The van der Waals surface area contributed by atoms with Crippen LogP contribution >= 0.6 is 0 Å². The average molecular weight is 153 g/mol. The summed E-state index contributed by atoms with van der Waals surface area (Å²) in [6, 6.07) is 0. The number of hydrogen-bond acceptors (Lipinski definition) is 4. The molecule has 0 saturated heterocycles. The third-order valence-electron chi connectivity index (χ3n) is 0.516. The van der Waals surface area contributed by atoms with E-state index in [0.29, 0.717) is 0 Å². The number of aliphatic carboxylic acids is 1. The Hall–Kier alpha value is -0.770. The van der Waals surface area contributed by atoms with Gasteiger partial charge in [0.25, 0.3) is 0 Å². The summed E-state index contributed by atoms with van der Waals surface area (Å²) in [4.78, 5) is 19.5. The van der Waals surface area contributed by atoms with E-state index in [1.165, 1.54) is 0 Å². The Morgan fingerprint density at radius 2 is 2.00 bits per heavy atom. The van der Waals surface area contributed by atoms with Crippen LogP contribution in [0.25, 0.3) is 0 Å². The fraction of sp³-hybridized carbons (Fsp3) is 0.500. The summed E-state index contributed by atoms with van der Waals surface area (Å²) in [6.45, 7) is 0. The van der Waals surface area contributed by atoms with Crippen molar-refractivity contribution in [2.45, 2.75) is 6.42 Å². The van der Waals surface area contributed by atoms with Gasteiger partial charge in [-0.2, -0.15) is 0 Å². The van der Waals surface area contributed by atoms with E-state index in [1.807, 2.05) is 0 Å². The minimum atomic E-state index is -1.42. The van der Waals surface area contributed by atoms with Crippen LogP contribution in [0.3, 0.4) is 0 Å². The highest BCUT2D eigenvalue weighted by Gasteiger charge is 1.96. The van der Waals surface area contributed by atoms with Crippen molar-refractivity contribution in [3.05, 3.63) is 0 Å². The van der Waals surface area contributed by atoms with Gasteiger partial charge in [-0.1, -0.05) is 0 Å². The molecule has 0 unspecified atom stereocenters. The number of carbonyl (C=O) groups excluding carboxylic acids is 2. The zero-order valence-electron chi connectivity index (χ0n) is 4.72. The maximum Gasteiger partial charge on any atom is 0.311 e. The van der Waals surface area contributed by atoms with Crippen LogP contribution in [0, 0.1) is 0 Å². The van der Waals surface area contributed by atoms with E-state index in [1.54, 1.807) is 0 Å². The first-order valence-corrected chi connectivity index (χ1v) is 1.93. The molecule has 0 aliphatic heterocycles. The molecule has 54 valence electrons. The Kier molecular flexibility index (Phi) is 6.61. The highest BCUT2D eigenvalue weighted by Crippen LogP contribution is 1.78. The van der Waals surface area contributed by atoms with E-state index in [9.17, 15) is 14.7 Å². The third kappa shape index (κ3) is 7.23. The molecule has 0 radical (unpaired) electrons. The number of carbonyl (C=O) groups is 2. The van der Waals surface area contributed by atoms with Crippen molar-refractivity contribution in [3.8, 4) is 0 Å². The van der Waals surface area contributed by atoms with Crippen molar-refractivity contribution in [2.75, 3.05) is 7.11 Å². The predicted octanol–water partition coefficient (Wildman–Crippen LogP) is -4.70. The summed E-state index contributed by atoms with van der Waals surface area (Å²) < 4.78 is 4.00. The maximum atomic E-state index is 9.98. The van der Waals surface area contributed by atoms with Gasteiger partial charge in [0, 0.05) is 0 Å². The SMILES string of the molecule is COC(=O)CC(=O)[O-].[Cl-]. The molecule has 0 aromatic carbocycles. The molecule has 0 aliphatic rings. The molecule has 9 heavy (non-hydrogen) atoms. The molecule has 0 rings (SSSR count). The van der Waals surface area contributed by atoms with E-state index >= 15 is 0 Å². The zero-order valence-corrected chi connectivity index (χ0v) is 5.47. The Morgan fingerprint density at radius 1 is 1.56 bits per heavy atom. The van der Waals surface area contributed by atoms with Crippen molar-refractivity contribution < 1.29 is 31.8 Å². The summed E-state index contributed by atoms with van der Waals surface area (Å²) in [7, 11) is 1.12. The molecule has 0 amide bonds. The second-order valence-corrected chi connectivity index (χ2v) is 1.12.